The van der Waals surface area contributed by atoms with Gasteiger partial charge in [-0.15, -0.1) is 0 Å². The quantitative estimate of drug-likeness (QED) is 0.888. The molecule has 1 saturated heterocycles. The fraction of sp³-hybridized carbons (Fsp3) is 0.625. The zero-order chi connectivity index (χ0) is 13.2. The van der Waals surface area contributed by atoms with Gasteiger partial charge in [0.25, 0.3) is 0 Å². The maximum absolute atomic E-state index is 5.83. The highest BCUT2D eigenvalue weighted by Crippen LogP contribution is 2.29. The molecule has 2 heteroatoms. The summed E-state index contributed by atoms with van der Waals surface area (Å²) in [7, 11) is 2.21. The van der Waals surface area contributed by atoms with E-state index < -0.39 is 0 Å². The summed E-state index contributed by atoms with van der Waals surface area (Å²) in [6.07, 6.45) is 2.58. The second-order valence-electron chi connectivity index (χ2n) is 6.29. The minimum atomic E-state index is 0.0886. The largest absolute Gasteiger partial charge is 0.330 e. The topological polar surface area (TPSA) is 29.3 Å². The molecule has 1 aromatic rings. The molecule has 0 saturated carbocycles. The van der Waals surface area contributed by atoms with Crippen LogP contribution in [0.4, 0.5) is 0 Å². The number of piperidine rings is 1. The monoisotopic (exact) mass is 246 g/mol. The summed E-state index contributed by atoms with van der Waals surface area (Å²) >= 11 is 0. The normalized spacial score (nSPS) is 19.1. The van der Waals surface area contributed by atoms with Crippen LogP contribution in [0.15, 0.2) is 24.3 Å². The number of hydrogen-bond donors (Lipinski definition) is 1. The maximum atomic E-state index is 5.83. The Morgan fingerprint density at radius 3 is 2.22 bits per heavy atom. The molecule has 1 fully saturated rings. The summed E-state index contributed by atoms with van der Waals surface area (Å²) in [4.78, 5) is 2.42. The van der Waals surface area contributed by atoms with Gasteiger partial charge in [-0.3, -0.25) is 0 Å². The van der Waals surface area contributed by atoms with E-state index in [9.17, 15) is 0 Å². The molecule has 1 heterocycles. The van der Waals surface area contributed by atoms with Gasteiger partial charge in [-0.1, -0.05) is 38.1 Å². The SMILES string of the molecule is CN1CCC(c2ccc(C(C)(C)CN)cc2)CC1. The Balaban J connectivity index is 2.08. The Morgan fingerprint density at radius 1 is 1.17 bits per heavy atom. The van der Waals surface area contributed by atoms with Crippen LogP contribution in [0.2, 0.25) is 0 Å². The van der Waals surface area contributed by atoms with E-state index in [1.54, 1.807) is 0 Å². The van der Waals surface area contributed by atoms with E-state index in [2.05, 4.69) is 50.1 Å². The van der Waals surface area contributed by atoms with Crippen molar-refractivity contribution in [3.8, 4) is 0 Å². The van der Waals surface area contributed by atoms with Crippen molar-refractivity contribution >= 4 is 0 Å². The standard InChI is InChI=1S/C16H26N2/c1-16(2,12-17)15-6-4-13(5-7-15)14-8-10-18(3)11-9-14/h4-7,14H,8-12,17H2,1-3H3. The lowest BCUT2D eigenvalue weighted by atomic mass is 9.82. The van der Waals surface area contributed by atoms with Crippen LogP contribution < -0.4 is 5.73 Å². The van der Waals surface area contributed by atoms with Gasteiger partial charge in [-0.2, -0.15) is 0 Å². The van der Waals surface area contributed by atoms with Crippen molar-refractivity contribution in [2.75, 3.05) is 26.7 Å². The number of likely N-dealkylation sites (tertiary alicyclic amines) is 1. The zero-order valence-corrected chi connectivity index (χ0v) is 11.9. The molecule has 0 aromatic heterocycles. The van der Waals surface area contributed by atoms with Gasteiger partial charge < -0.3 is 10.6 Å². The van der Waals surface area contributed by atoms with Gasteiger partial charge in [0, 0.05) is 12.0 Å². The second kappa shape index (κ2) is 5.41. The van der Waals surface area contributed by atoms with Gasteiger partial charge in [-0.25, -0.2) is 0 Å². The Bertz CT molecular complexity index is 373. The molecule has 1 aliphatic heterocycles. The molecule has 0 unspecified atom stereocenters. The molecule has 2 N–H and O–H groups in total. The van der Waals surface area contributed by atoms with Crippen LogP contribution in [0.1, 0.15) is 43.7 Å². The molecule has 1 aliphatic rings. The van der Waals surface area contributed by atoms with Gasteiger partial charge in [0.1, 0.15) is 0 Å². The third kappa shape index (κ3) is 2.93. The van der Waals surface area contributed by atoms with Gasteiger partial charge in [-0.05, 0) is 50.0 Å². The van der Waals surface area contributed by atoms with Crippen molar-refractivity contribution in [3.05, 3.63) is 35.4 Å². The van der Waals surface area contributed by atoms with Crippen molar-refractivity contribution in [1.82, 2.24) is 4.90 Å². The minimum Gasteiger partial charge on any atom is -0.330 e. The summed E-state index contributed by atoms with van der Waals surface area (Å²) < 4.78 is 0. The number of nitrogens with zero attached hydrogens (tertiary/aromatic N) is 1. The van der Waals surface area contributed by atoms with Crippen LogP contribution in [0.3, 0.4) is 0 Å². The average Bonchev–Trinajstić information content (AvgIpc) is 2.40. The maximum Gasteiger partial charge on any atom is 0.00190 e. The van der Waals surface area contributed by atoms with Crippen LogP contribution in [0.25, 0.3) is 0 Å². The van der Waals surface area contributed by atoms with Crippen LogP contribution in [-0.2, 0) is 5.41 Å². The molecule has 0 amide bonds. The fourth-order valence-electron chi connectivity index (χ4n) is 2.67. The first-order chi connectivity index (χ1) is 8.53. The van der Waals surface area contributed by atoms with Crippen LogP contribution >= 0.6 is 0 Å². The molecule has 0 bridgehead atoms. The van der Waals surface area contributed by atoms with E-state index in [1.807, 2.05) is 0 Å². The third-order valence-electron chi connectivity index (χ3n) is 4.39. The molecule has 0 atom stereocenters. The van der Waals surface area contributed by atoms with E-state index in [0.29, 0.717) is 6.54 Å². The van der Waals surface area contributed by atoms with E-state index in [-0.39, 0.29) is 5.41 Å². The van der Waals surface area contributed by atoms with Crippen molar-refractivity contribution in [3.63, 3.8) is 0 Å². The lowest BCUT2D eigenvalue weighted by molar-refractivity contribution is 0.255. The molecule has 2 rings (SSSR count). The molecular formula is C16H26N2. The van der Waals surface area contributed by atoms with Crippen LogP contribution in [0.5, 0.6) is 0 Å². The van der Waals surface area contributed by atoms with E-state index in [0.717, 1.165) is 5.92 Å². The highest BCUT2D eigenvalue weighted by Gasteiger charge is 2.21. The first-order valence-corrected chi connectivity index (χ1v) is 7.02. The van der Waals surface area contributed by atoms with E-state index in [1.165, 1.54) is 37.1 Å². The summed E-state index contributed by atoms with van der Waals surface area (Å²) in [5.74, 6) is 0.747. The number of nitrogens with two attached hydrogens (primary N) is 1. The number of hydrogen-bond acceptors (Lipinski definition) is 2. The molecule has 18 heavy (non-hydrogen) atoms. The van der Waals surface area contributed by atoms with Crippen molar-refractivity contribution in [2.24, 2.45) is 5.73 Å². The van der Waals surface area contributed by atoms with Gasteiger partial charge in [0.05, 0.1) is 0 Å². The van der Waals surface area contributed by atoms with Crippen LogP contribution in [0, 0.1) is 0 Å². The van der Waals surface area contributed by atoms with Gasteiger partial charge in [0.2, 0.25) is 0 Å². The molecular weight excluding hydrogens is 220 g/mol. The Labute approximate surface area is 111 Å². The Morgan fingerprint density at radius 2 is 1.72 bits per heavy atom. The molecule has 100 valence electrons. The summed E-state index contributed by atoms with van der Waals surface area (Å²) in [6.45, 7) is 7.55. The summed E-state index contributed by atoms with van der Waals surface area (Å²) in [5, 5.41) is 0. The fourth-order valence-corrected chi connectivity index (χ4v) is 2.67. The third-order valence-corrected chi connectivity index (χ3v) is 4.39. The van der Waals surface area contributed by atoms with Crippen molar-refractivity contribution in [2.45, 2.75) is 38.0 Å². The van der Waals surface area contributed by atoms with Crippen LogP contribution in [-0.4, -0.2) is 31.6 Å². The highest BCUT2D eigenvalue weighted by atomic mass is 15.1. The van der Waals surface area contributed by atoms with E-state index >= 15 is 0 Å². The predicted octanol–water partition coefficient (Wildman–Crippen LogP) is 2.73. The van der Waals surface area contributed by atoms with Crippen molar-refractivity contribution in [1.29, 1.82) is 0 Å². The molecule has 2 nitrogen and oxygen atoms in total. The molecule has 0 aliphatic carbocycles. The lowest BCUT2D eigenvalue weighted by Gasteiger charge is -2.30. The lowest BCUT2D eigenvalue weighted by Crippen LogP contribution is -2.29. The van der Waals surface area contributed by atoms with Crippen molar-refractivity contribution < 1.29 is 0 Å². The second-order valence-corrected chi connectivity index (χ2v) is 6.29. The molecule has 0 radical (unpaired) electrons. The van der Waals surface area contributed by atoms with E-state index in [4.69, 9.17) is 5.73 Å². The number of benzene rings is 1. The predicted molar refractivity (Wildman–Crippen MR) is 78.0 cm³/mol. The number of rotatable bonds is 3. The summed E-state index contributed by atoms with van der Waals surface area (Å²) in [6, 6.07) is 9.15. The Kier molecular flexibility index (Phi) is 4.08. The first kappa shape index (κ1) is 13.6. The first-order valence-electron chi connectivity index (χ1n) is 7.02. The minimum absolute atomic E-state index is 0.0886. The van der Waals surface area contributed by atoms with Gasteiger partial charge in [0.15, 0.2) is 0 Å². The Hall–Kier alpha value is -0.860. The average molecular weight is 246 g/mol. The smallest absolute Gasteiger partial charge is 0.00190 e. The highest BCUT2D eigenvalue weighted by molar-refractivity contribution is 5.30. The molecule has 1 aromatic carbocycles. The summed E-state index contributed by atoms with van der Waals surface area (Å²) in [5.41, 5.74) is 8.77. The van der Waals surface area contributed by atoms with Gasteiger partial charge >= 0.3 is 0 Å². The molecule has 0 spiro atoms. The zero-order valence-electron chi connectivity index (χ0n) is 11.9.